The topological polar surface area (TPSA) is 25.6 Å². The maximum atomic E-state index is 5.39. The first-order valence-corrected chi connectivity index (χ1v) is 7.90. The standard InChI is InChI=1S/C21H21NO2/c1-22(16-21-4-3-15-24-21)19-11-7-17(8-12-19)5-6-18-9-13-20(23-2)14-10-18/h3-15H,16H2,1-2H3. The number of furan rings is 1. The highest BCUT2D eigenvalue weighted by Gasteiger charge is 2.03. The number of nitrogens with zero attached hydrogens (tertiary/aromatic N) is 1. The summed E-state index contributed by atoms with van der Waals surface area (Å²) >= 11 is 0. The van der Waals surface area contributed by atoms with Gasteiger partial charge in [-0.15, -0.1) is 0 Å². The maximum Gasteiger partial charge on any atom is 0.123 e. The van der Waals surface area contributed by atoms with Crippen molar-refractivity contribution < 1.29 is 9.15 Å². The Balaban J connectivity index is 1.64. The van der Waals surface area contributed by atoms with Crippen LogP contribution < -0.4 is 9.64 Å². The van der Waals surface area contributed by atoms with Crippen molar-refractivity contribution in [2.45, 2.75) is 6.54 Å². The van der Waals surface area contributed by atoms with Crippen molar-refractivity contribution in [3.8, 4) is 5.75 Å². The average Bonchev–Trinajstić information content (AvgIpc) is 3.14. The van der Waals surface area contributed by atoms with Crippen LogP contribution in [0.2, 0.25) is 0 Å². The van der Waals surface area contributed by atoms with Crippen molar-refractivity contribution in [2.24, 2.45) is 0 Å². The van der Waals surface area contributed by atoms with Crippen LogP contribution in [0.3, 0.4) is 0 Å². The molecular weight excluding hydrogens is 298 g/mol. The molecule has 1 aromatic heterocycles. The van der Waals surface area contributed by atoms with Gasteiger partial charge in [0, 0.05) is 12.7 Å². The molecule has 0 atom stereocenters. The van der Waals surface area contributed by atoms with E-state index in [1.54, 1.807) is 13.4 Å². The van der Waals surface area contributed by atoms with Crippen molar-refractivity contribution in [3.63, 3.8) is 0 Å². The summed E-state index contributed by atoms with van der Waals surface area (Å²) in [5.74, 6) is 1.83. The van der Waals surface area contributed by atoms with Gasteiger partial charge in [-0.2, -0.15) is 0 Å². The molecule has 24 heavy (non-hydrogen) atoms. The van der Waals surface area contributed by atoms with Crippen LogP contribution >= 0.6 is 0 Å². The molecule has 0 fully saturated rings. The van der Waals surface area contributed by atoms with Gasteiger partial charge < -0.3 is 14.1 Å². The van der Waals surface area contributed by atoms with Gasteiger partial charge in [0.15, 0.2) is 0 Å². The molecule has 3 rings (SSSR count). The summed E-state index contributed by atoms with van der Waals surface area (Å²) in [7, 11) is 3.74. The third kappa shape index (κ3) is 4.07. The monoisotopic (exact) mass is 319 g/mol. The molecule has 0 spiro atoms. The molecule has 1 heterocycles. The third-order valence-electron chi connectivity index (χ3n) is 3.89. The van der Waals surface area contributed by atoms with Crippen molar-refractivity contribution in [1.29, 1.82) is 0 Å². The first-order chi connectivity index (χ1) is 11.7. The molecule has 0 aliphatic heterocycles. The highest BCUT2D eigenvalue weighted by atomic mass is 16.5. The minimum atomic E-state index is 0.758. The smallest absolute Gasteiger partial charge is 0.123 e. The van der Waals surface area contributed by atoms with Crippen LogP contribution in [0.5, 0.6) is 5.75 Å². The number of rotatable bonds is 6. The van der Waals surface area contributed by atoms with Crippen LogP contribution in [-0.2, 0) is 6.54 Å². The lowest BCUT2D eigenvalue weighted by molar-refractivity contribution is 0.415. The van der Waals surface area contributed by atoms with E-state index in [1.165, 1.54) is 5.56 Å². The van der Waals surface area contributed by atoms with Crippen LogP contribution in [0.4, 0.5) is 5.69 Å². The fourth-order valence-electron chi connectivity index (χ4n) is 2.47. The zero-order valence-electron chi connectivity index (χ0n) is 14.0. The minimum Gasteiger partial charge on any atom is -0.497 e. The Morgan fingerprint density at radius 2 is 1.54 bits per heavy atom. The molecule has 0 radical (unpaired) electrons. The normalized spacial score (nSPS) is 10.9. The van der Waals surface area contributed by atoms with Gasteiger partial charge in [0.25, 0.3) is 0 Å². The van der Waals surface area contributed by atoms with Gasteiger partial charge in [0.1, 0.15) is 11.5 Å². The van der Waals surface area contributed by atoms with Crippen LogP contribution in [0.1, 0.15) is 16.9 Å². The van der Waals surface area contributed by atoms with Crippen LogP contribution in [-0.4, -0.2) is 14.2 Å². The molecule has 3 heteroatoms. The number of anilines is 1. The van der Waals surface area contributed by atoms with Gasteiger partial charge in [-0.05, 0) is 47.5 Å². The molecule has 2 aromatic carbocycles. The molecule has 3 aromatic rings. The number of ether oxygens (including phenoxy) is 1. The zero-order valence-corrected chi connectivity index (χ0v) is 14.0. The second kappa shape index (κ2) is 7.55. The second-order valence-electron chi connectivity index (χ2n) is 5.63. The van der Waals surface area contributed by atoms with Crippen LogP contribution in [0.15, 0.2) is 71.3 Å². The van der Waals surface area contributed by atoms with E-state index in [-0.39, 0.29) is 0 Å². The Labute approximate surface area is 142 Å². The SMILES string of the molecule is COc1ccc(C=Cc2ccc(N(C)Cc3ccco3)cc2)cc1. The van der Waals surface area contributed by atoms with Gasteiger partial charge in [-0.25, -0.2) is 0 Å². The first-order valence-electron chi connectivity index (χ1n) is 7.90. The molecular formula is C21H21NO2. The maximum absolute atomic E-state index is 5.39. The lowest BCUT2D eigenvalue weighted by Gasteiger charge is -2.17. The zero-order chi connectivity index (χ0) is 16.8. The predicted octanol–water partition coefficient (Wildman–Crippen LogP) is 5.10. The lowest BCUT2D eigenvalue weighted by atomic mass is 10.1. The van der Waals surface area contributed by atoms with Gasteiger partial charge in [-0.3, -0.25) is 0 Å². The Morgan fingerprint density at radius 3 is 2.08 bits per heavy atom. The summed E-state index contributed by atoms with van der Waals surface area (Å²) in [4.78, 5) is 2.16. The van der Waals surface area contributed by atoms with Gasteiger partial charge in [0.05, 0.1) is 19.9 Å². The first kappa shape index (κ1) is 15.9. The molecule has 0 bridgehead atoms. The molecule has 0 amide bonds. The highest BCUT2D eigenvalue weighted by Crippen LogP contribution is 2.18. The Kier molecular flexibility index (Phi) is 5.02. The third-order valence-corrected chi connectivity index (χ3v) is 3.89. The Hall–Kier alpha value is -2.94. The number of hydrogen-bond donors (Lipinski definition) is 0. The van der Waals surface area contributed by atoms with Crippen molar-refractivity contribution in [3.05, 3.63) is 83.8 Å². The van der Waals surface area contributed by atoms with E-state index >= 15 is 0 Å². The van der Waals surface area contributed by atoms with E-state index in [2.05, 4.69) is 48.4 Å². The van der Waals surface area contributed by atoms with Gasteiger partial charge >= 0.3 is 0 Å². The van der Waals surface area contributed by atoms with E-state index in [1.807, 2.05) is 36.4 Å². The predicted molar refractivity (Wildman–Crippen MR) is 99.2 cm³/mol. The van der Waals surface area contributed by atoms with E-state index in [4.69, 9.17) is 9.15 Å². The summed E-state index contributed by atoms with van der Waals surface area (Å²) in [5, 5.41) is 0. The fraction of sp³-hybridized carbons (Fsp3) is 0.143. The molecule has 0 saturated heterocycles. The van der Waals surface area contributed by atoms with E-state index in [0.29, 0.717) is 0 Å². The number of benzene rings is 2. The van der Waals surface area contributed by atoms with E-state index < -0.39 is 0 Å². The summed E-state index contributed by atoms with van der Waals surface area (Å²) in [5.41, 5.74) is 3.48. The molecule has 0 unspecified atom stereocenters. The average molecular weight is 319 g/mol. The molecule has 0 aliphatic rings. The number of methoxy groups -OCH3 is 1. The van der Waals surface area contributed by atoms with Crippen molar-refractivity contribution in [1.82, 2.24) is 0 Å². The van der Waals surface area contributed by atoms with Crippen LogP contribution in [0, 0.1) is 0 Å². The van der Waals surface area contributed by atoms with Crippen molar-refractivity contribution in [2.75, 3.05) is 19.1 Å². The molecule has 3 nitrogen and oxygen atoms in total. The van der Waals surface area contributed by atoms with Crippen molar-refractivity contribution >= 4 is 17.8 Å². The summed E-state index contributed by atoms with van der Waals surface area (Å²) < 4.78 is 10.6. The molecule has 0 N–H and O–H groups in total. The molecule has 0 aliphatic carbocycles. The van der Waals surface area contributed by atoms with E-state index in [0.717, 1.165) is 29.3 Å². The van der Waals surface area contributed by atoms with Gasteiger partial charge in [-0.1, -0.05) is 36.4 Å². The lowest BCUT2D eigenvalue weighted by Crippen LogP contribution is -2.15. The number of hydrogen-bond acceptors (Lipinski definition) is 3. The van der Waals surface area contributed by atoms with E-state index in [9.17, 15) is 0 Å². The molecule has 122 valence electrons. The molecule has 0 saturated carbocycles. The minimum absolute atomic E-state index is 0.758. The van der Waals surface area contributed by atoms with Crippen LogP contribution in [0.25, 0.3) is 12.2 Å². The quantitative estimate of drug-likeness (QED) is 0.591. The summed E-state index contributed by atoms with van der Waals surface area (Å²) in [6.07, 6.45) is 5.91. The second-order valence-corrected chi connectivity index (χ2v) is 5.63. The summed E-state index contributed by atoms with van der Waals surface area (Å²) in [6.45, 7) is 0.758. The van der Waals surface area contributed by atoms with Gasteiger partial charge in [0.2, 0.25) is 0 Å². The Bertz CT molecular complexity index is 772. The fourth-order valence-corrected chi connectivity index (χ4v) is 2.47. The Morgan fingerprint density at radius 1 is 0.917 bits per heavy atom. The largest absolute Gasteiger partial charge is 0.497 e. The highest BCUT2D eigenvalue weighted by molar-refractivity contribution is 5.70. The summed E-state index contributed by atoms with van der Waals surface area (Å²) in [6, 6.07) is 20.4.